The fourth-order valence-corrected chi connectivity index (χ4v) is 3.07. The van der Waals surface area contributed by atoms with Gasteiger partial charge in [0.2, 0.25) is 0 Å². The van der Waals surface area contributed by atoms with E-state index in [4.69, 9.17) is 4.74 Å². The normalized spacial score (nSPS) is 16.0. The molecule has 1 atom stereocenters. The topological polar surface area (TPSA) is 44.7 Å². The molecular weight excluding hydrogens is 319 g/mol. The lowest BCUT2D eigenvalue weighted by molar-refractivity contribution is 0.122. The quantitative estimate of drug-likeness (QED) is 0.846. The molecule has 1 heterocycles. The number of hydrogen-bond donors (Lipinski definition) is 2. The van der Waals surface area contributed by atoms with Crippen LogP contribution in [0.2, 0.25) is 0 Å². The van der Waals surface area contributed by atoms with Crippen molar-refractivity contribution in [2.75, 3.05) is 31.2 Å². The van der Waals surface area contributed by atoms with Crippen LogP contribution >= 0.6 is 0 Å². The minimum Gasteiger partial charge on any atom is -0.392 e. The summed E-state index contributed by atoms with van der Waals surface area (Å²) >= 11 is 0. The molecule has 2 aromatic rings. The third kappa shape index (κ3) is 4.57. The Kier molecular flexibility index (Phi) is 6.02. The van der Waals surface area contributed by atoms with Crippen LogP contribution in [0.15, 0.2) is 42.5 Å². The van der Waals surface area contributed by atoms with Gasteiger partial charge in [-0.3, -0.25) is 0 Å². The Morgan fingerprint density at radius 1 is 1.16 bits per heavy atom. The molecule has 1 saturated heterocycles. The van der Waals surface area contributed by atoms with Gasteiger partial charge in [0, 0.05) is 25.7 Å². The zero-order chi connectivity index (χ0) is 17.6. The lowest BCUT2D eigenvalue weighted by Gasteiger charge is -2.29. The summed E-state index contributed by atoms with van der Waals surface area (Å²) in [6.45, 7) is 5.44. The summed E-state index contributed by atoms with van der Waals surface area (Å²) in [5, 5.41) is 12.7. The summed E-state index contributed by atoms with van der Waals surface area (Å²) in [6, 6.07) is 13.4. The number of rotatable bonds is 6. The first-order valence-corrected chi connectivity index (χ1v) is 8.71. The van der Waals surface area contributed by atoms with Gasteiger partial charge in [-0.1, -0.05) is 30.3 Å². The van der Waals surface area contributed by atoms with Gasteiger partial charge in [-0.2, -0.15) is 0 Å². The second-order valence-corrected chi connectivity index (χ2v) is 6.39. The molecule has 0 aromatic heterocycles. The van der Waals surface area contributed by atoms with E-state index < -0.39 is 0 Å². The number of anilines is 1. The molecule has 4 nitrogen and oxygen atoms in total. The number of hydrogen-bond acceptors (Lipinski definition) is 4. The maximum absolute atomic E-state index is 14.4. The molecule has 1 aliphatic heterocycles. The van der Waals surface area contributed by atoms with Crippen molar-refractivity contribution in [2.45, 2.75) is 26.1 Å². The Balaban J connectivity index is 1.61. The molecule has 2 N–H and O–H groups in total. The third-order valence-electron chi connectivity index (χ3n) is 4.61. The number of nitrogens with one attached hydrogen (secondary N) is 1. The lowest BCUT2D eigenvalue weighted by atomic mass is 10.0. The molecule has 1 aliphatic rings. The number of aliphatic hydroxyl groups is 1. The van der Waals surface area contributed by atoms with Gasteiger partial charge in [0.25, 0.3) is 0 Å². The van der Waals surface area contributed by atoms with E-state index in [1.165, 1.54) is 0 Å². The standard InChI is InChI=1S/C20H25FN2O2/c1-15(18-4-2-3-17(11-18)14-24)22-13-16-5-6-20(19(21)12-16)23-7-9-25-10-8-23/h2-6,11-12,15,22,24H,7-10,13-14H2,1H3. The van der Waals surface area contributed by atoms with Gasteiger partial charge in [-0.05, 0) is 35.7 Å². The Morgan fingerprint density at radius 2 is 1.96 bits per heavy atom. The summed E-state index contributed by atoms with van der Waals surface area (Å²) in [6.07, 6.45) is 0. The minimum absolute atomic E-state index is 0.0365. The second kappa shape index (κ2) is 8.43. The van der Waals surface area contributed by atoms with Crippen molar-refractivity contribution >= 4 is 5.69 Å². The molecule has 1 fully saturated rings. The zero-order valence-electron chi connectivity index (χ0n) is 14.5. The van der Waals surface area contributed by atoms with Crippen LogP contribution in [0.25, 0.3) is 0 Å². The maximum Gasteiger partial charge on any atom is 0.146 e. The lowest BCUT2D eigenvalue weighted by Crippen LogP contribution is -2.36. The molecule has 0 spiro atoms. The number of nitrogens with zero attached hydrogens (tertiary/aromatic N) is 1. The molecule has 0 amide bonds. The molecular formula is C20H25FN2O2. The summed E-state index contributed by atoms with van der Waals surface area (Å²) < 4.78 is 19.8. The average molecular weight is 344 g/mol. The van der Waals surface area contributed by atoms with E-state index in [9.17, 15) is 9.50 Å². The average Bonchev–Trinajstić information content (AvgIpc) is 2.67. The SMILES string of the molecule is CC(NCc1ccc(N2CCOCC2)c(F)c1)c1cccc(CO)c1. The van der Waals surface area contributed by atoms with Crippen molar-refractivity contribution in [3.8, 4) is 0 Å². The van der Waals surface area contributed by atoms with E-state index in [-0.39, 0.29) is 18.5 Å². The van der Waals surface area contributed by atoms with E-state index >= 15 is 0 Å². The fourth-order valence-electron chi connectivity index (χ4n) is 3.07. The first-order valence-electron chi connectivity index (χ1n) is 8.71. The monoisotopic (exact) mass is 344 g/mol. The van der Waals surface area contributed by atoms with Crippen molar-refractivity contribution in [3.63, 3.8) is 0 Å². The van der Waals surface area contributed by atoms with Crippen LogP contribution in [-0.4, -0.2) is 31.4 Å². The first-order chi connectivity index (χ1) is 12.2. The molecule has 5 heteroatoms. The molecule has 0 bridgehead atoms. The Morgan fingerprint density at radius 3 is 2.68 bits per heavy atom. The summed E-state index contributed by atoms with van der Waals surface area (Å²) in [5.74, 6) is -0.184. The molecule has 3 rings (SSSR count). The van der Waals surface area contributed by atoms with Crippen LogP contribution in [0.4, 0.5) is 10.1 Å². The highest BCUT2D eigenvalue weighted by molar-refractivity contribution is 5.49. The van der Waals surface area contributed by atoms with Gasteiger partial charge < -0.3 is 20.1 Å². The highest BCUT2D eigenvalue weighted by atomic mass is 19.1. The van der Waals surface area contributed by atoms with Crippen molar-refractivity contribution in [1.29, 1.82) is 0 Å². The van der Waals surface area contributed by atoms with Crippen molar-refractivity contribution < 1.29 is 14.2 Å². The number of aliphatic hydroxyl groups excluding tert-OH is 1. The van der Waals surface area contributed by atoms with Crippen LogP contribution in [0.1, 0.15) is 29.7 Å². The van der Waals surface area contributed by atoms with Crippen molar-refractivity contribution in [2.24, 2.45) is 0 Å². The van der Waals surface area contributed by atoms with Gasteiger partial charge >= 0.3 is 0 Å². The first kappa shape index (κ1) is 17.9. The van der Waals surface area contributed by atoms with Gasteiger partial charge in [-0.25, -0.2) is 4.39 Å². The van der Waals surface area contributed by atoms with Crippen LogP contribution in [0, 0.1) is 5.82 Å². The smallest absolute Gasteiger partial charge is 0.146 e. The molecule has 0 radical (unpaired) electrons. The summed E-state index contributed by atoms with van der Waals surface area (Å²) in [4.78, 5) is 2.03. The van der Waals surface area contributed by atoms with Crippen LogP contribution in [-0.2, 0) is 17.9 Å². The van der Waals surface area contributed by atoms with Gasteiger partial charge in [0.05, 0.1) is 25.5 Å². The van der Waals surface area contributed by atoms with E-state index in [0.29, 0.717) is 25.4 Å². The number of ether oxygens (including phenoxy) is 1. The third-order valence-corrected chi connectivity index (χ3v) is 4.61. The predicted molar refractivity (Wildman–Crippen MR) is 97.1 cm³/mol. The van der Waals surface area contributed by atoms with Crippen molar-refractivity contribution in [1.82, 2.24) is 5.32 Å². The number of morpholine rings is 1. The molecule has 25 heavy (non-hydrogen) atoms. The van der Waals surface area contributed by atoms with Crippen LogP contribution in [0.3, 0.4) is 0 Å². The minimum atomic E-state index is -0.184. The van der Waals surface area contributed by atoms with E-state index in [0.717, 1.165) is 29.8 Å². The number of benzene rings is 2. The predicted octanol–water partition coefficient (Wildman–Crippen LogP) is 3.01. The molecule has 2 aromatic carbocycles. The molecule has 1 unspecified atom stereocenters. The Hall–Kier alpha value is -1.95. The Labute approximate surface area is 148 Å². The molecule has 134 valence electrons. The van der Waals surface area contributed by atoms with E-state index in [1.807, 2.05) is 41.3 Å². The van der Waals surface area contributed by atoms with Gasteiger partial charge in [0.15, 0.2) is 0 Å². The largest absolute Gasteiger partial charge is 0.392 e. The fraction of sp³-hybridized carbons (Fsp3) is 0.400. The van der Waals surface area contributed by atoms with Gasteiger partial charge in [0.1, 0.15) is 5.82 Å². The number of halogens is 1. The maximum atomic E-state index is 14.4. The van der Waals surface area contributed by atoms with Gasteiger partial charge in [-0.15, -0.1) is 0 Å². The molecule has 0 saturated carbocycles. The highest BCUT2D eigenvalue weighted by Gasteiger charge is 2.15. The van der Waals surface area contributed by atoms with E-state index in [1.54, 1.807) is 6.07 Å². The van der Waals surface area contributed by atoms with Crippen LogP contribution in [0.5, 0.6) is 0 Å². The second-order valence-electron chi connectivity index (χ2n) is 6.39. The zero-order valence-corrected chi connectivity index (χ0v) is 14.5. The van der Waals surface area contributed by atoms with E-state index in [2.05, 4.69) is 12.2 Å². The summed E-state index contributed by atoms with van der Waals surface area (Å²) in [5.41, 5.74) is 3.57. The Bertz CT molecular complexity index is 702. The molecule has 0 aliphatic carbocycles. The highest BCUT2D eigenvalue weighted by Crippen LogP contribution is 2.22. The van der Waals surface area contributed by atoms with Crippen molar-refractivity contribution in [3.05, 3.63) is 65.0 Å². The van der Waals surface area contributed by atoms with Crippen LogP contribution < -0.4 is 10.2 Å². The summed E-state index contributed by atoms with van der Waals surface area (Å²) in [7, 11) is 0.